The number of carbonyl (C=O) groups is 2. The summed E-state index contributed by atoms with van der Waals surface area (Å²) in [6, 6.07) is 8.65. The van der Waals surface area contributed by atoms with E-state index >= 15 is 0 Å². The minimum atomic E-state index is -0.762. The highest BCUT2D eigenvalue weighted by atomic mass is 16.6. The molecule has 3 rings (SSSR count). The Balaban J connectivity index is 1.77. The third-order valence-electron chi connectivity index (χ3n) is 5.07. The van der Waals surface area contributed by atoms with Crippen LogP contribution < -0.4 is 11.0 Å². The number of amides is 1. The number of hydrogen-bond acceptors (Lipinski definition) is 8. The third-order valence-corrected chi connectivity index (χ3v) is 5.07. The normalized spacial score (nSPS) is 20.7. The number of aromatic nitrogens is 3. The Labute approximate surface area is 198 Å². The summed E-state index contributed by atoms with van der Waals surface area (Å²) in [5, 5.41) is 2.53. The van der Waals surface area contributed by atoms with Crippen LogP contribution >= 0.6 is 0 Å². The molecule has 1 aromatic carbocycles. The number of benzene rings is 1. The maximum atomic E-state index is 12.7. The molecule has 0 spiro atoms. The molecule has 1 aliphatic heterocycles. The smallest absolute Gasteiger partial charge is 0.354 e. The molecular weight excluding hydrogens is 440 g/mol. The monoisotopic (exact) mass is 472 g/mol. The summed E-state index contributed by atoms with van der Waals surface area (Å²) in [4.78, 5) is 45.4. The van der Waals surface area contributed by atoms with E-state index in [0.717, 1.165) is 0 Å². The van der Waals surface area contributed by atoms with Crippen LogP contribution in [0.4, 0.5) is 5.95 Å². The molecule has 1 aliphatic rings. The van der Waals surface area contributed by atoms with Gasteiger partial charge in [0.2, 0.25) is 11.9 Å². The predicted octanol–water partition coefficient (Wildman–Crippen LogP) is 2.95. The zero-order chi connectivity index (χ0) is 25.1. The lowest BCUT2D eigenvalue weighted by molar-refractivity contribution is -0.123. The van der Waals surface area contributed by atoms with Gasteiger partial charge in [-0.25, -0.2) is 14.6 Å². The van der Waals surface area contributed by atoms with Gasteiger partial charge in [0.05, 0.1) is 17.8 Å². The Kier molecular flexibility index (Phi) is 7.52. The molecule has 3 atom stereocenters. The summed E-state index contributed by atoms with van der Waals surface area (Å²) in [6.45, 7) is 11.1. The molecule has 184 valence electrons. The van der Waals surface area contributed by atoms with Crippen molar-refractivity contribution in [3.05, 3.63) is 52.7 Å². The van der Waals surface area contributed by atoms with Crippen LogP contribution in [0, 0.1) is 5.41 Å². The molecule has 10 heteroatoms. The van der Waals surface area contributed by atoms with Gasteiger partial charge in [-0.05, 0) is 32.9 Å². The van der Waals surface area contributed by atoms with Crippen LogP contribution in [-0.2, 0) is 19.0 Å². The van der Waals surface area contributed by atoms with E-state index in [1.165, 1.54) is 10.9 Å². The lowest BCUT2D eigenvalue weighted by Crippen LogP contribution is -2.34. The first kappa shape index (κ1) is 25.5. The van der Waals surface area contributed by atoms with Crippen molar-refractivity contribution < 1.29 is 23.8 Å². The van der Waals surface area contributed by atoms with Crippen LogP contribution in [0.5, 0.6) is 0 Å². The topological polar surface area (TPSA) is 122 Å². The molecule has 1 saturated heterocycles. The molecule has 0 radical (unpaired) electrons. The second-order valence-electron chi connectivity index (χ2n) is 10.2. The van der Waals surface area contributed by atoms with E-state index in [-0.39, 0.29) is 24.9 Å². The Morgan fingerprint density at radius 2 is 1.82 bits per heavy atom. The number of esters is 1. The maximum Gasteiger partial charge on any atom is 0.354 e. The van der Waals surface area contributed by atoms with E-state index in [1.807, 2.05) is 26.8 Å². The maximum absolute atomic E-state index is 12.7. The van der Waals surface area contributed by atoms with Gasteiger partial charge in [-0.2, -0.15) is 4.98 Å². The molecular formula is C24H32N4O6. The van der Waals surface area contributed by atoms with Gasteiger partial charge in [-0.1, -0.05) is 39.0 Å². The van der Waals surface area contributed by atoms with Gasteiger partial charge < -0.3 is 14.2 Å². The lowest BCUT2D eigenvalue weighted by atomic mass is 9.96. The number of anilines is 1. The molecule has 0 bridgehead atoms. The molecule has 1 fully saturated rings. The first-order valence-electron chi connectivity index (χ1n) is 11.2. The van der Waals surface area contributed by atoms with Crippen LogP contribution in [0.1, 0.15) is 64.5 Å². The number of rotatable bonds is 6. The third kappa shape index (κ3) is 6.71. The molecule has 1 aromatic heterocycles. The number of hydrogen-bond donors (Lipinski definition) is 1. The van der Waals surface area contributed by atoms with Crippen molar-refractivity contribution in [2.75, 3.05) is 11.9 Å². The van der Waals surface area contributed by atoms with E-state index in [1.54, 1.807) is 45.0 Å². The molecule has 1 amide bonds. The molecule has 1 N–H and O–H groups in total. The van der Waals surface area contributed by atoms with Crippen molar-refractivity contribution in [2.24, 2.45) is 5.41 Å². The average Bonchev–Trinajstić information content (AvgIpc) is 3.14. The van der Waals surface area contributed by atoms with Crippen molar-refractivity contribution in [2.45, 2.75) is 72.0 Å². The van der Waals surface area contributed by atoms with Gasteiger partial charge in [0.1, 0.15) is 24.8 Å². The van der Waals surface area contributed by atoms with Gasteiger partial charge in [0.15, 0.2) is 0 Å². The van der Waals surface area contributed by atoms with Crippen molar-refractivity contribution in [3.8, 4) is 0 Å². The summed E-state index contributed by atoms with van der Waals surface area (Å²) < 4.78 is 18.8. The van der Waals surface area contributed by atoms with E-state index in [9.17, 15) is 14.4 Å². The number of carbonyl (C=O) groups excluding carboxylic acids is 2. The zero-order valence-corrected chi connectivity index (χ0v) is 20.4. The number of ether oxygens (including phenoxy) is 3. The van der Waals surface area contributed by atoms with Gasteiger partial charge >= 0.3 is 11.7 Å². The van der Waals surface area contributed by atoms with Crippen molar-refractivity contribution in [3.63, 3.8) is 0 Å². The minimum Gasteiger partial charge on any atom is -0.456 e. The fourth-order valence-corrected chi connectivity index (χ4v) is 3.15. The van der Waals surface area contributed by atoms with Crippen LogP contribution in [0.15, 0.2) is 41.5 Å². The molecule has 2 heterocycles. The highest BCUT2D eigenvalue weighted by Gasteiger charge is 2.40. The SMILES string of the molecule is CC(C)(C)OC[C@H]1O[C@@H](n2cnc(NC(=O)C(C)(C)C)nc2=O)C[C@@H]1OC(=O)c1ccccc1. The zero-order valence-electron chi connectivity index (χ0n) is 20.4. The Morgan fingerprint density at radius 1 is 1.15 bits per heavy atom. The first-order valence-corrected chi connectivity index (χ1v) is 11.2. The standard InChI is InChI=1S/C24H32N4O6/c1-23(2,3)20(30)26-21-25-14-28(22(31)27-21)18-12-16(17(33-18)13-32-24(4,5)6)34-19(29)15-10-8-7-9-11-15/h7-11,14,16-18H,12-13H2,1-6H3,(H,26,27,30,31)/t16-,17+,18+/m0/s1. The van der Waals surface area contributed by atoms with Crippen LogP contribution in [0.25, 0.3) is 0 Å². The van der Waals surface area contributed by atoms with Gasteiger partial charge in [0, 0.05) is 11.8 Å². The largest absolute Gasteiger partial charge is 0.456 e. The van der Waals surface area contributed by atoms with E-state index < -0.39 is 41.1 Å². The quantitative estimate of drug-likeness (QED) is 0.637. The Morgan fingerprint density at radius 3 is 2.41 bits per heavy atom. The Hall–Kier alpha value is -3.11. The molecule has 0 saturated carbocycles. The Bertz CT molecular complexity index is 1070. The number of nitrogens with one attached hydrogen (secondary N) is 1. The van der Waals surface area contributed by atoms with Crippen molar-refractivity contribution >= 4 is 17.8 Å². The van der Waals surface area contributed by atoms with Crippen LogP contribution in [-0.4, -0.2) is 50.8 Å². The summed E-state index contributed by atoms with van der Waals surface area (Å²) >= 11 is 0. The molecule has 0 unspecified atom stereocenters. The molecule has 34 heavy (non-hydrogen) atoms. The summed E-state index contributed by atoms with van der Waals surface area (Å²) in [6.07, 6.45) is -0.520. The van der Waals surface area contributed by atoms with E-state index in [0.29, 0.717) is 5.56 Å². The predicted molar refractivity (Wildman–Crippen MR) is 124 cm³/mol. The second-order valence-corrected chi connectivity index (χ2v) is 10.2. The summed E-state index contributed by atoms with van der Waals surface area (Å²) in [5.74, 6) is -0.882. The fraction of sp³-hybridized carbons (Fsp3) is 0.542. The van der Waals surface area contributed by atoms with Crippen LogP contribution in [0.2, 0.25) is 0 Å². The first-order chi connectivity index (χ1) is 15.8. The second kappa shape index (κ2) is 10.0. The van der Waals surface area contributed by atoms with Gasteiger partial charge in [-0.3, -0.25) is 14.7 Å². The lowest BCUT2D eigenvalue weighted by Gasteiger charge is -2.25. The molecule has 0 aliphatic carbocycles. The number of nitrogens with zero attached hydrogens (tertiary/aromatic N) is 3. The summed E-state index contributed by atoms with van der Waals surface area (Å²) in [5.41, 5.74) is -1.32. The molecule has 10 nitrogen and oxygen atoms in total. The average molecular weight is 473 g/mol. The van der Waals surface area contributed by atoms with Gasteiger partial charge in [-0.15, -0.1) is 0 Å². The minimum absolute atomic E-state index is 0.0844. The highest BCUT2D eigenvalue weighted by Crippen LogP contribution is 2.31. The van der Waals surface area contributed by atoms with Crippen LogP contribution in [0.3, 0.4) is 0 Å². The highest BCUT2D eigenvalue weighted by molar-refractivity contribution is 5.92. The van der Waals surface area contributed by atoms with E-state index in [4.69, 9.17) is 14.2 Å². The van der Waals surface area contributed by atoms with E-state index in [2.05, 4.69) is 15.3 Å². The van der Waals surface area contributed by atoms with Gasteiger partial charge in [0.25, 0.3) is 0 Å². The molecule has 2 aromatic rings. The summed E-state index contributed by atoms with van der Waals surface area (Å²) in [7, 11) is 0. The van der Waals surface area contributed by atoms with Crippen molar-refractivity contribution in [1.82, 2.24) is 14.5 Å². The van der Waals surface area contributed by atoms with Crippen molar-refractivity contribution in [1.29, 1.82) is 0 Å². The fourth-order valence-electron chi connectivity index (χ4n) is 3.15.